The van der Waals surface area contributed by atoms with Gasteiger partial charge in [-0.2, -0.15) is 0 Å². The van der Waals surface area contributed by atoms with Gasteiger partial charge in [0.15, 0.2) is 0 Å². The van der Waals surface area contributed by atoms with Gasteiger partial charge in [0.25, 0.3) is 0 Å². The van der Waals surface area contributed by atoms with Crippen LogP contribution in [0.4, 0.5) is 0 Å². The second kappa shape index (κ2) is 6.25. The highest BCUT2D eigenvalue weighted by molar-refractivity contribution is 7.11. The Morgan fingerprint density at radius 3 is 2.85 bits per heavy atom. The fraction of sp³-hybridized carbons (Fsp3) is 0.750. The van der Waals surface area contributed by atoms with E-state index in [0.29, 0.717) is 18.4 Å². The average Bonchev–Trinajstić information content (AvgIpc) is 2.79. The molecule has 112 valence electrons. The molecule has 0 saturated heterocycles. The molecular weight excluding hydrogens is 270 g/mol. The Morgan fingerprint density at radius 1 is 1.45 bits per heavy atom. The first-order valence-corrected chi connectivity index (χ1v) is 8.41. The summed E-state index contributed by atoms with van der Waals surface area (Å²) in [6, 6.07) is 0. The van der Waals surface area contributed by atoms with Gasteiger partial charge in [-0.1, -0.05) is 27.2 Å². The first-order chi connectivity index (χ1) is 9.46. The zero-order valence-corrected chi connectivity index (χ0v) is 13.8. The molecule has 1 aliphatic rings. The molecule has 1 atom stereocenters. The summed E-state index contributed by atoms with van der Waals surface area (Å²) in [5.41, 5.74) is 1.61. The van der Waals surface area contributed by atoms with Gasteiger partial charge in [-0.05, 0) is 37.5 Å². The largest absolute Gasteiger partial charge is 0.466 e. The lowest BCUT2D eigenvalue weighted by Gasteiger charge is -2.35. The van der Waals surface area contributed by atoms with E-state index in [1.807, 2.05) is 6.92 Å². The maximum Gasteiger partial charge on any atom is 0.312 e. The lowest BCUT2D eigenvalue weighted by Crippen LogP contribution is -2.28. The molecule has 3 nitrogen and oxygen atoms in total. The van der Waals surface area contributed by atoms with Crippen LogP contribution in [-0.2, 0) is 28.8 Å². The molecule has 1 aromatic heterocycles. The minimum atomic E-state index is -0.163. The maximum atomic E-state index is 11.5. The molecule has 1 aromatic rings. The third-order valence-corrected chi connectivity index (χ3v) is 5.72. The van der Waals surface area contributed by atoms with Crippen molar-refractivity contribution in [3.8, 4) is 0 Å². The minimum absolute atomic E-state index is 0.163. The van der Waals surface area contributed by atoms with Crippen molar-refractivity contribution in [3.63, 3.8) is 0 Å². The molecule has 1 heterocycles. The van der Waals surface area contributed by atoms with E-state index < -0.39 is 0 Å². The number of aryl methyl sites for hydroxylation is 1. The standard InChI is InChI=1S/C16H25NO2S/c1-5-16(3,4)11-7-8-12-13(9-11)20-14(17-12)10-15(18)19-6-2/h11H,5-10H2,1-4H3. The number of hydrogen-bond acceptors (Lipinski definition) is 4. The van der Waals surface area contributed by atoms with E-state index in [0.717, 1.165) is 23.8 Å². The van der Waals surface area contributed by atoms with E-state index in [4.69, 9.17) is 4.74 Å². The highest BCUT2D eigenvalue weighted by Crippen LogP contribution is 2.41. The Hall–Kier alpha value is -0.900. The van der Waals surface area contributed by atoms with Crippen LogP contribution in [0.5, 0.6) is 0 Å². The molecule has 0 aromatic carbocycles. The molecule has 0 amide bonds. The summed E-state index contributed by atoms with van der Waals surface area (Å²) in [5.74, 6) is 0.569. The zero-order valence-electron chi connectivity index (χ0n) is 13.0. The van der Waals surface area contributed by atoms with Crippen LogP contribution in [0.25, 0.3) is 0 Å². The number of ether oxygens (including phenoxy) is 1. The first-order valence-electron chi connectivity index (χ1n) is 7.59. The topological polar surface area (TPSA) is 39.2 Å². The van der Waals surface area contributed by atoms with E-state index >= 15 is 0 Å². The van der Waals surface area contributed by atoms with Gasteiger partial charge < -0.3 is 4.74 Å². The second-order valence-corrected chi connectivity index (χ2v) is 7.41. The quantitative estimate of drug-likeness (QED) is 0.776. The zero-order chi connectivity index (χ0) is 14.8. The molecular formula is C16H25NO2S. The molecule has 0 N–H and O–H groups in total. The van der Waals surface area contributed by atoms with Gasteiger partial charge in [0, 0.05) is 4.88 Å². The Morgan fingerprint density at radius 2 is 2.20 bits per heavy atom. The summed E-state index contributed by atoms with van der Waals surface area (Å²) in [6.07, 6.45) is 4.94. The molecule has 0 fully saturated rings. The van der Waals surface area contributed by atoms with Crippen LogP contribution in [0.3, 0.4) is 0 Å². The van der Waals surface area contributed by atoms with Gasteiger partial charge in [0.1, 0.15) is 5.01 Å². The van der Waals surface area contributed by atoms with E-state index in [2.05, 4.69) is 25.8 Å². The second-order valence-electron chi connectivity index (χ2n) is 6.24. The molecule has 0 saturated carbocycles. The number of esters is 1. The molecule has 20 heavy (non-hydrogen) atoms. The van der Waals surface area contributed by atoms with Crippen molar-refractivity contribution in [2.45, 2.75) is 59.8 Å². The molecule has 0 bridgehead atoms. The van der Waals surface area contributed by atoms with Crippen molar-refractivity contribution < 1.29 is 9.53 Å². The van der Waals surface area contributed by atoms with Gasteiger partial charge in [0.05, 0.1) is 18.7 Å². The number of fused-ring (bicyclic) bond motifs is 1. The van der Waals surface area contributed by atoms with Crippen molar-refractivity contribution in [2.24, 2.45) is 11.3 Å². The Labute approximate surface area is 125 Å². The van der Waals surface area contributed by atoms with Gasteiger partial charge in [-0.25, -0.2) is 4.98 Å². The molecule has 2 rings (SSSR count). The van der Waals surface area contributed by atoms with Crippen LogP contribution in [0.2, 0.25) is 0 Å². The van der Waals surface area contributed by atoms with Crippen LogP contribution >= 0.6 is 11.3 Å². The number of aromatic nitrogens is 1. The van der Waals surface area contributed by atoms with Crippen molar-refractivity contribution in [1.29, 1.82) is 0 Å². The van der Waals surface area contributed by atoms with Crippen molar-refractivity contribution in [1.82, 2.24) is 4.98 Å². The number of nitrogens with zero attached hydrogens (tertiary/aromatic N) is 1. The van der Waals surface area contributed by atoms with Gasteiger partial charge in [-0.3, -0.25) is 4.79 Å². The summed E-state index contributed by atoms with van der Waals surface area (Å²) in [6.45, 7) is 9.28. The van der Waals surface area contributed by atoms with Gasteiger partial charge in [-0.15, -0.1) is 11.3 Å². The van der Waals surface area contributed by atoms with E-state index in [1.54, 1.807) is 11.3 Å². The Bertz CT molecular complexity index is 479. The van der Waals surface area contributed by atoms with Crippen LogP contribution in [0.15, 0.2) is 0 Å². The van der Waals surface area contributed by atoms with Crippen LogP contribution in [0, 0.1) is 11.3 Å². The predicted molar refractivity (Wildman–Crippen MR) is 82.0 cm³/mol. The highest BCUT2D eigenvalue weighted by atomic mass is 32.1. The summed E-state index contributed by atoms with van der Waals surface area (Å²) in [7, 11) is 0. The van der Waals surface area contributed by atoms with E-state index in [9.17, 15) is 4.79 Å². The van der Waals surface area contributed by atoms with Crippen molar-refractivity contribution in [2.75, 3.05) is 6.61 Å². The molecule has 1 aliphatic carbocycles. The summed E-state index contributed by atoms with van der Waals surface area (Å²) >= 11 is 1.71. The molecule has 1 unspecified atom stereocenters. The van der Waals surface area contributed by atoms with Crippen LogP contribution < -0.4 is 0 Å². The molecule has 0 aliphatic heterocycles. The monoisotopic (exact) mass is 295 g/mol. The van der Waals surface area contributed by atoms with E-state index in [1.165, 1.54) is 23.4 Å². The number of rotatable bonds is 5. The summed E-state index contributed by atoms with van der Waals surface area (Å²) in [5, 5.41) is 0.920. The third kappa shape index (κ3) is 3.40. The Balaban J connectivity index is 2.06. The van der Waals surface area contributed by atoms with E-state index in [-0.39, 0.29) is 5.97 Å². The summed E-state index contributed by atoms with van der Waals surface area (Å²) in [4.78, 5) is 17.6. The van der Waals surface area contributed by atoms with Crippen molar-refractivity contribution >= 4 is 17.3 Å². The highest BCUT2D eigenvalue weighted by Gasteiger charge is 2.32. The van der Waals surface area contributed by atoms with Gasteiger partial charge >= 0.3 is 5.97 Å². The maximum absolute atomic E-state index is 11.5. The number of carbonyl (C=O) groups excluding carboxylic acids is 1. The fourth-order valence-electron chi connectivity index (χ4n) is 2.80. The first kappa shape index (κ1) is 15.5. The normalized spacial score (nSPS) is 18.7. The summed E-state index contributed by atoms with van der Waals surface area (Å²) < 4.78 is 5.00. The fourth-order valence-corrected chi connectivity index (χ4v) is 3.98. The van der Waals surface area contributed by atoms with Gasteiger partial charge in [0.2, 0.25) is 0 Å². The lowest BCUT2D eigenvalue weighted by molar-refractivity contribution is -0.142. The number of thiazole rings is 1. The predicted octanol–water partition coefficient (Wildman–Crippen LogP) is 3.79. The van der Waals surface area contributed by atoms with Crippen LogP contribution in [0.1, 0.15) is 56.1 Å². The smallest absolute Gasteiger partial charge is 0.312 e. The molecule has 4 heteroatoms. The van der Waals surface area contributed by atoms with Crippen LogP contribution in [-0.4, -0.2) is 17.6 Å². The average molecular weight is 295 g/mol. The SMILES string of the molecule is CCOC(=O)Cc1nc2c(s1)CC(C(C)(C)CC)CC2. The lowest BCUT2D eigenvalue weighted by atomic mass is 9.70. The molecule has 0 radical (unpaired) electrons. The minimum Gasteiger partial charge on any atom is -0.466 e. The van der Waals surface area contributed by atoms with Crippen molar-refractivity contribution in [3.05, 3.63) is 15.6 Å². The third-order valence-electron chi connectivity index (χ3n) is 4.60. The number of carbonyl (C=O) groups is 1. The Kier molecular flexibility index (Phi) is 4.84. The molecule has 0 spiro atoms. The number of hydrogen-bond donors (Lipinski definition) is 0.